The van der Waals surface area contributed by atoms with E-state index in [0.29, 0.717) is 6.04 Å². The normalized spacial score (nSPS) is 25.3. The van der Waals surface area contributed by atoms with Crippen LogP contribution in [0.25, 0.3) is 16.8 Å². The molecule has 3 aliphatic rings. The van der Waals surface area contributed by atoms with E-state index in [-0.39, 0.29) is 23.2 Å². The molecule has 1 fully saturated rings. The first-order valence-corrected chi connectivity index (χ1v) is 13.1. The lowest BCUT2D eigenvalue weighted by atomic mass is 9.58. The summed E-state index contributed by atoms with van der Waals surface area (Å²) in [6, 6.07) is 21.7. The second kappa shape index (κ2) is 8.48. The van der Waals surface area contributed by atoms with E-state index in [1.165, 1.54) is 36.0 Å². The summed E-state index contributed by atoms with van der Waals surface area (Å²) in [6.07, 6.45) is 7.45. The minimum Gasteiger partial charge on any atom is -0.355 e. The molecule has 3 aromatic rings. The molecule has 6 rings (SSSR count). The molecule has 1 saturated carbocycles. The zero-order valence-corrected chi connectivity index (χ0v) is 21.2. The van der Waals surface area contributed by atoms with Gasteiger partial charge in [0.05, 0.1) is 17.0 Å². The van der Waals surface area contributed by atoms with Crippen molar-refractivity contribution in [1.29, 1.82) is 5.26 Å². The fourth-order valence-electron chi connectivity index (χ4n) is 6.67. The summed E-state index contributed by atoms with van der Waals surface area (Å²) in [6.45, 7) is 4.21. The van der Waals surface area contributed by atoms with Gasteiger partial charge in [0.15, 0.2) is 11.6 Å². The SMILES string of the molecule is C[C@H]1C(=O)C(C#N)=C[C@@]2(C)c3c(c(N(C)C4CCC4)nn3-c3ccc(-c4ccccc4)cc3)CC[C@H]12. The Labute approximate surface area is 213 Å². The molecule has 3 atom stereocenters. The van der Waals surface area contributed by atoms with Crippen molar-refractivity contribution in [3.63, 3.8) is 0 Å². The maximum Gasteiger partial charge on any atom is 0.176 e. The minimum absolute atomic E-state index is 0.0199. The Bertz CT molecular complexity index is 1390. The van der Waals surface area contributed by atoms with Gasteiger partial charge in [-0.15, -0.1) is 5.10 Å². The topological polar surface area (TPSA) is 61.9 Å². The molecule has 1 heterocycles. The van der Waals surface area contributed by atoms with Crippen LogP contribution in [0.3, 0.4) is 0 Å². The molecule has 0 radical (unpaired) electrons. The van der Waals surface area contributed by atoms with Gasteiger partial charge >= 0.3 is 0 Å². The standard InChI is InChI=1S/C31H32N4O/c1-20-27-17-16-26-29(31(27,2)18-23(19-32)28(20)36)35(33-30(26)34(3)24-10-7-11-24)25-14-12-22(13-15-25)21-8-5-4-6-9-21/h4-6,8-9,12-15,18,20,24,27H,7,10-11,16-17H2,1-3H3/t20-,27-,31-/m1/s1. The van der Waals surface area contributed by atoms with Crippen LogP contribution in [-0.2, 0) is 16.6 Å². The molecule has 5 nitrogen and oxygen atoms in total. The van der Waals surface area contributed by atoms with Crippen LogP contribution < -0.4 is 4.90 Å². The fourth-order valence-corrected chi connectivity index (χ4v) is 6.67. The highest BCUT2D eigenvalue weighted by Crippen LogP contribution is 2.52. The third kappa shape index (κ3) is 3.35. The van der Waals surface area contributed by atoms with E-state index in [2.05, 4.69) is 78.2 Å². The molecule has 0 bridgehead atoms. The van der Waals surface area contributed by atoms with E-state index in [9.17, 15) is 10.1 Å². The van der Waals surface area contributed by atoms with Gasteiger partial charge in [-0.05, 0) is 61.3 Å². The fraction of sp³-hybridized carbons (Fsp3) is 0.387. The summed E-state index contributed by atoms with van der Waals surface area (Å²) in [4.78, 5) is 15.3. The van der Waals surface area contributed by atoms with Gasteiger partial charge in [0.25, 0.3) is 0 Å². The van der Waals surface area contributed by atoms with Crippen LogP contribution in [0.4, 0.5) is 5.82 Å². The van der Waals surface area contributed by atoms with Crippen LogP contribution in [0.1, 0.15) is 50.8 Å². The summed E-state index contributed by atoms with van der Waals surface area (Å²) < 4.78 is 2.11. The largest absolute Gasteiger partial charge is 0.355 e. The van der Waals surface area contributed by atoms with Crippen LogP contribution in [0, 0.1) is 23.2 Å². The number of anilines is 1. The lowest BCUT2D eigenvalue weighted by Gasteiger charge is -2.45. The van der Waals surface area contributed by atoms with Crippen LogP contribution >= 0.6 is 0 Å². The van der Waals surface area contributed by atoms with Crippen molar-refractivity contribution in [3.05, 3.63) is 77.5 Å². The second-order valence-corrected chi connectivity index (χ2v) is 10.9. The van der Waals surface area contributed by atoms with Crippen molar-refractivity contribution in [1.82, 2.24) is 9.78 Å². The number of carbonyl (C=O) groups excluding carboxylic acids is 1. The molecule has 182 valence electrons. The number of benzene rings is 2. The van der Waals surface area contributed by atoms with E-state index in [1.807, 2.05) is 19.1 Å². The number of hydrogen-bond acceptors (Lipinski definition) is 4. The van der Waals surface area contributed by atoms with E-state index in [0.717, 1.165) is 30.0 Å². The van der Waals surface area contributed by atoms with Crippen molar-refractivity contribution in [2.45, 2.75) is 57.4 Å². The average molecular weight is 477 g/mol. The van der Waals surface area contributed by atoms with Crippen molar-refractivity contribution >= 4 is 11.6 Å². The van der Waals surface area contributed by atoms with Crippen molar-refractivity contribution in [2.75, 3.05) is 11.9 Å². The van der Waals surface area contributed by atoms with Crippen LogP contribution in [0.5, 0.6) is 0 Å². The first-order chi connectivity index (χ1) is 17.4. The predicted octanol–water partition coefficient (Wildman–Crippen LogP) is 6.02. The zero-order chi connectivity index (χ0) is 25.0. The summed E-state index contributed by atoms with van der Waals surface area (Å²) in [5.74, 6) is 1.00. The molecule has 0 unspecified atom stereocenters. The Morgan fingerprint density at radius 2 is 1.75 bits per heavy atom. The number of aromatic nitrogens is 2. The third-order valence-corrected chi connectivity index (χ3v) is 8.97. The average Bonchev–Trinajstić information content (AvgIpc) is 3.27. The third-order valence-electron chi connectivity index (χ3n) is 8.97. The number of ketones is 1. The lowest BCUT2D eigenvalue weighted by Crippen LogP contribution is -2.46. The summed E-state index contributed by atoms with van der Waals surface area (Å²) in [7, 11) is 2.17. The van der Waals surface area contributed by atoms with E-state index in [4.69, 9.17) is 5.10 Å². The van der Waals surface area contributed by atoms with Crippen molar-refractivity contribution < 1.29 is 4.79 Å². The lowest BCUT2D eigenvalue weighted by molar-refractivity contribution is -0.121. The molecular weight excluding hydrogens is 444 g/mol. The Morgan fingerprint density at radius 3 is 2.39 bits per heavy atom. The Balaban J connectivity index is 1.53. The quantitative estimate of drug-likeness (QED) is 0.462. The Kier molecular flexibility index (Phi) is 5.37. The smallest absolute Gasteiger partial charge is 0.176 e. The minimum atomic E-state index is -0.435. The highest BCUT2D eigenvalue weighted by atomic mass is 16.1. The molecule has 2 aromatic carbocycles. The molecular formula is C31H32N4O. The molecule has 0 spiro atoms. The van der Waals surface area contributed by atoms with Gasteiger partial charge < -0.3 is 4.90 Å². The number of nitriles is 1. The summed E-state index contributed by atoms with van der Waals surface area (Å²) >= 11 is 0. The number of fused-ring (bicyclic) bond motifs is 3. The van der Waals surface area contributed by atoms with Gasteiger partial charge in [-0.3, -0.25) is 4.79 Å². The highest BCUT2D eigenvalue weighted by Gasteiger charge is 2.51. The van der Waals surface area contributed by atoms with E-state index in [1.54, 1.807) is 0 Å². The molecule has 5 heteroatoms. The van der Waals surface area contributed by atoms with Gasteiger partial charge in [-0.25, -0.2) is 4.68 Å². The second-order valence-electron chi connectivity index (χ2n) is 10.9. The van der Waals surface area contributed by atoms with Crippen LogP contribution in [-0.4, -0.2) is 28.7 Å². The van der Waals surface area contributed by atoms with Crippen molar-refractivity contribution in [2.24, 2.45) is 11.8 Å². The number of allylic oxidation sites excluding steroid dienone is 2. The van der Waals surface area contributed by atoms with Gasteiger partial charge in [-0.1, -0.05) is 62.4 Å². The number of Topliss-reactive ketones (excluding diaryl/α,β-unsaturated/α-hetero) is 1. The first kappa shape index (κ1) is 22.8. The molecule has 3 aliphatic carbocycles. The van der Waals surface area contributed by atoms with E-state index < -0.39 is 5.41 Å². The highest BCUT2D eigenvalue weighted by molar-refractivity contribution is 6.02. The summed E-state index contributed by atoms with van der Waals surface area (Å²) in [5, 5.41) is 15.0. The molecule has 0 amide bonds. The van der Waals surface area contributed by atoms with Gasteiger partial charge in [0.1, 0.15) is 6.07 Å². The number of carbonyl (C=O) groups is 1. The van der Waals surface area contributed by atoms with Crippen LogP contribution in [0.15, 0.2) is 66.2 Å². The zero-order valence-electron chi connectivity index (χ0n) is 21.2. The van der Waals surface area contributed by atoms with Crippen molar-refractivity contribution in [3.8, 4) is 22.9 Å². The predicted molar refractivity (Wildman–Crippen MR) is 142 cm³/mol. The Morgan fingerprint density at radius 1 is 1.06 bits per heavy atom. The van der Waals surface area contributed by atoms with E-state index >= 15 is 0 Å². The molecule has 0 saturated heterocycles. The number of nitrogens with zero attached hydrogens (tertiary/aromatic N) is 4. The molecule has 1 aromatic heterocycles. The van der Waals surface area contributed by atoms with Gasteiger partial charge in [0.2, 0.25) is 0 Å². The number of rotatable bonds is 4. The first-order valence-electron chi connectivity index (χ1n) is 13.1. The molecule has 36 heavy (non-hydrogen) atoms. The summed E-state index contributed by atoms with van der Waals surface area (Å²) in [5.41, 5.74) is 5.62. The van der Waals surface area contributed by atoms with Crippen LogP contribution in [0.2, 0.25) is 0 Å². The Hall–Kier alpha value is -3.65. The maximum absolute atomic E-state index is 12.9. The monoisotopic (exact) mass is 476 g/mol. The number of hydrogen-bond donors (Lipinski definition) is 0. The maximum atomic E-state index is 12.9. The van der Waals surface area contributed by atoms with Gasteiger partial charge in [0, 0.05) is 30.0 Å². The van der Waals surface area contributed by atoms with Gasteiger partial charge in [-0.2, -0.15) is 5.26 Å². The molecule has 0 aliphatic heterocycles. The molecule has 0 N–H and O–H groups in total.